The van der Waals surface area contributed by atoms with E-state index in [0.29, 0.717) is 11.5 Å². The molecule has 1 aromatic heterocycles. The van der Waals surface area contributed by atoms with E-state index in [1.165, 1.54) is 0 Å². The topological polar surface area (TPSA) is 58.4 Å². The number of aliphatic hydroxyl groups excluding tert-OH is 1. The molecule has 1 saturated heterocycles. The van der Waals surface area contributed by atoms with Crippen molar-refractivity contribution in [2.45, 2.75) is 52.1 Å². The zero-order chi connectivity index (χ0) is 14.8. The molecule has 0 spiro atoms. The zero-order valence-electron chi connectivity index (χ0n) is 12.7. The van der Waals surface area contributed by atoms with E-state index >= 15 is 0 Å². The van der Waals surface area contributed by atoms with E-state index in [2.05, 4.69) is 18.9 Å². The highest BCUT2D eigenvalue weighted by Crippen LogP contribution is 2.35. The summed E-state index contributed by atoms with van der Waals surface area (Å²) in [4.78, 5) is 14.6. The third-order valence-corrected chi connectivity index (χ3v) is 4.13. The highest BCUT2D eigenvalue weighted by atomic mass is 16.3. The quantitative estimate of drug-likeness (QED) is 0.896. The smallest absolute Gasteiger partial charge is 0.257 e. The first-order chi connectivity index (χ1) is 9.52. The lowest BCUT2D eigenvalue weighted by molar-refractivity contribution is 0.0332. The van der Waals surface area contributed by atoms with Gasteiger partial charge in [0.1, 0.15) is 0 Å². The lowest BCUT2D eigenvalue weighted by Crippen LogP contribution is -2.50. The van der Waals surface area contributed by atoms with Crippen LogP contribution >= 0.6 is 0 Å². The largest absolute Gasteiger partial charge is 0.394 e. The predicted octanol–water partition coefficient (Wildman–Crippen LogP) is 1.92. The maximum absolute atomic E-state index is 12.7. The molecular formula is C15H25N3O2. The Morgan fingerprint density at radius 3 is 2.85 bits per heavy atom. The van der Waals surface area contributed by atoms with Crippen LogP contribution in [0.15, 0.2) is 12.4 Å². The van der Waals surface area contributed by atoms with E-state index in [9.17, 15) is 9.90 Å². The lowest BCUT2D eigenvalue weighted by Gasteiger charge is -2.38. The zero-order valence-corrected chi connectivity index (χ0v) is 12.7. The van der Waals surface area contributed by atoms with Crippen molar-refractivity contribution >= 4 is 5.91 Å². The second-order valence-corrected chi connectivity index (χ2v) is 6.13. The molecule has 1 atom stereocenters. The van der Waals surface area contributed by atoms with Gasteiger partial charge in [-0.1, -0.05) is 13.8 Å². The van der Waals surface area contributed by atoms with Crippen LogP contribution in [0, 0.1) is 5.92 Å². The first kappa shape index (κ1) is 15.0. The second-order valence-electron chi connectivity index (χ2n) is 6.13. The molecule has 0 aliphatic carbocycles. The minimum absolute atomic E-state index is 0.00287. The van der Waals surface area contributed by atoms with Gasteiger partial charge in [-0.15, -0.1) is 0 Å². The molecule has 0 saturated carbocycles. The minimum atomic E-state index is -0.389. The van der Waals surface area contributed by atoms with Crippen LogP contribution in [0.5, 0.6) is 0 Å². The summed E-state index contributed by atoms with van der Waals surface area (Å²) >= 11 is 0. The van der Waals surface area contributed by atoms with E-state index in [4.69, 9.17) is 0 Å². The highest BCUT2D eigenvalue weighted by Gasteiger charge is 2.43. The van der Waals surface area contributed by atoms with Gasteiger partial charge in [0, 0.05) is 19.3 Å². The van der Waals surface area contributed by atoms with Gasteiger partial charge in [0.25, 0.3) is 5.91 Å². The fourth-order valence-electron chi connectivity index (χ4n) is 3.26. The number of carbonyl (C=O) groups excluding carboxylic acids is 1. The Hall–Kier alpha value is -1.36. The predicted molar refractivity (Wildman–Crippen MR) is 77.4 cm³/mol. The van der Waals surface area contributed by atoms with Gasteiger partial charge in [-0.25, -0.2) is 0 Å². The Bertz CT molecular complexity index is 469. The molecular weight excluding hydrogens is 254 g/mol. The van der Waals surface area contributed by atoms with Crippen LogP contribution in [-0.2, 0) is 6.54 Å². The number of hydrogen-bond donors (Lipinski definition) is 1. The van der Waals surface area contributed by atoms with Gasteiger partial charge in [0.05, 0.1) is 23.9 Å². The summed E-state index contributed by atoms with van der Waals surface area (Å²) < 4.78 is 1.76. The fourth-order valence-corrected chi connectivity index (χ4v) is 3.26. The van der Waals surface area contributed by atoms with Crippen LogP contribution < -0.4 is 0 Å². The van der Waals surface area contributed by atoms with Gasteiger partial charge in [-0.2, -0.15) is 5.10 Å². The number of rotatable bonds is 5. The van der Waals surface area contributed by atoms with Crippen LogP contribution in [0.1, 0.15) is 50.4 Å². The number of aromatic nitrogens is 2. The van der Waals surface area contributed by atoms with Gasteiger partial charge in [0.15, 0.2) is 0 Å². The van der Waals surface area contributed by atoms with Gasteiger partial charge in [0.2, 0.25) is 0 Å². The Morgan fingerprint density at radius 2 is 2.30 bits per heavy atom. The SMILES string of the molecule is CCn1cc(C(=O)N2CCC[C@@]2(CO)CC(C)C)cn1. The summed E-state index contributed by atoms with van der Waals surface area (Å²) in [7, 11) is 0. The molecule has 1 fully saturated rings. The summed E-state index contributed by atoms with van der Waals surface area (Å²) in [5.74, 6) is 0.450. The third-order valence-electron chi connectivity index (χ3n) is 4.13. The van der Waals surface area contributed by atoms with E-state index < -0.39 is 0 Å². The van der Waals surface area contributed by atoms with Crippen LogP contribution in [0.2, 0.25) is 0 Å². The van der Waals surface area contributed by atoms with E-state index in [1.54, 1.807) is 17.1 Å². The molecule has 2 heterocycles. The van der Waals surface area contributed by atoms with E-state index in [1.807, 2.05) is 11.8 Å². The summed E-state index contributed by atoms with van der Waals surface area (Å²) in [6.07, 6.45) is 6.10. The van der Waals surface area contributed by atoms with Crippen LogP contribution in [-0.4, -0.2) is 44.4 Å². The number of nitrogens with zero attached hydrogens (tertiary/aromatic N) is 3. The molecule has 1 aromatic rings. The molecule has 5 heteroatoms. The molecule has 1 aliphatic rings. The summed E-state index contributed by atoms with van der Waals surface area (Å²) in [6.45, 7) is 7.78. The Morgan fingerprint density at radius 1 is 1.55 bits per heavy atom. The van der Waals surface area contributed by atoms with Crippen molar-refractivity contribution < 1.29 is 9.90 Å². The number of amides is 1. The normalized spacial score (nSPS) is 22.8. The average molecular weight is 279 g/mol. The molecule has 0 aromatic carbocycles. The van der Waals surface area contributed by atoms with Crippen LogP contribution in [0.25, 0.3) is 0 Å². The standard InChI is InChI=1S/C15H25N3O2/c1-4-17-10-13(9-16-17)14(20)18-7-5-6-15(18,11-19)8-12(2)3/h9-10,12,19H,4-8,11H2,1-3H3/t15-/m0/s1. The number of carbonyl (C=O) groups is 1. The average Bonchev–Trinajstić information content (AvgIpc) is 3.04. The van der Waals surface area contributed by atoms with Crippen molar-refractivity contribution in [3.05, 3.63) is 18.0 Å². The van der Waals surface area contributed by atoms with Crippen molar-refractivity contribution in [2.24, 2.45) is 5.92 Å². The fraction of sp³-hybridized carbons (Fsp3) is 0.733. The van der Waals surface area contributed by atoms with Gasteiger partial charge < -0.3 is 10.0 Å². The van der Waals surface area contributed by atoms with Crippen molar-refractivity contribution in [3.63, 3.8) is 0 Å². The number of aliphatic hydroxyl groups is 1. The van der Waals surface area contributed by atoms with Crippen molar-refractivity contribution in [2.75, 3.05) is 13.2 Å². The molecule has 0 unspecified atom stereocenters. The van der Waals surface area contributed by atoms with Crippen molar-refractivity contribution in [1.82, 2.24) is 14.7 Å². The minimum Gasteiger partial charge on any atom is -0.394 e. The summed E-state index contributed by atoms with van der Waals surface area (Å²) in [5, 5.41) is 14.0. The third kappa shape index (κ3) is 2.73. The number of likely N-dealkylation sites (tertiary alicyclic amines) is 1. The maximum Gasteiger partial charge on any atom is 0.257 e. The Balaban J connectivity index is 2.22. The first-order valence-electron chi connectivity index (χ1n) is 7.47. The van der Waals surface area contributed by atoms with E-state index in [-0.39, 0.29) is 18.1 Å². The molecule has 1 N–H and O–H groups in total. The Labute approximate surface area is 120 Å². The molecule has 20 heavy (non-hydrogen) atoms. The lowest BCUT2D eigenvalue weighted by atomic mass is 9.87. The molecule has 2 rings (SSSR count). The maximum atomic E-state index is 12.7. The molecule has 112 valence electrons. The monoisotopic (exact) mass is 279 g/mol. The molecule has 0 bridgehead atoms. The highest BCUT2D eigenvalue weighted by molar-refractivity contribution is 5.94. The van der Waals surface area contributed by atoms with Crippen molar-refractivity contribution in [1.29, 1.82) is 0 Å². The van der Waals surface area contributed by atoms with Gasteiger partial charge >= 0.3 is 0 Å². The molecule has 0 radical (unpaired) electrons. The first-order valence-corrected chi connectivity index (χ1v) is 7.47. The van der Waals surface area contributed by atoms with Gasteiger partial charge in [-0.3, -0.25) is 9.48 Å². The van der Waals surface area contributed by atoms with Crippen molar-refractivity contribution in [3.8, 4) is 0 Å². The summed E-state index contributed by atoms with van der Waals surface area (Å²) in [5.41, 5.74) is 0.231. The van der Waals surface area contributed by atoms with Crippen LogP contribution in [0.4, 0.5) is 0 Å². The van der Waals surface area contributed by atoms with Crippen LogP contribution in [0.3, 0.4) is 0 Å². The number of hydrogen-bond acceptors (Lipinski definition) is 3. The van der Waals surface area contributed by atoms with E-state index in [0.717, 1.165) is 32.4 Å². The number of aryl methyl sites for hydroxylation is 1. The molecule has 1 amide bonds. The molecule has 5 nitrogen and oxygen atoms in total. The second kappa shape index (κ2) is 5.95. The molecule has 1 aliphatic heterocycles. The summed E-state index contributed by atoms with van der Waals surface area (Å²) in [6, 6.07) is 0. The van der Waals surface area contributed by atoms with Gasteiger partial charge in [-0.05, 0) is 32.1 Å². The Kier molecular flexibility index (Phi) is 4.48.